The monoisotopic (exact) mass is 1250 g/mol. The van der Waals surface area contributed by atoms with Crippen LogP contribution in [0.4, 0.5) is 0 Å². The van der Waals surface area contributed by atoms with Gasteiger partial charge >= 0.3 is 39.5 Å². The summed E-state index contributed by atoms with van der Waals surface area (Å²) in [5, 5.41) is 10.5. The SMILES string of the molecule is CCCCCCCCCCCCCCCCCCCC(=O)O[C@H](COC(=O)CCCCCCCCC(C)CC)COP(=O)(O)OC[C@@H](O)COP(=O)(O)OC[C@@H](COC(=O)CCCCCCCCCC)OC(=O)CCCCCCCCCCCC. The highest BCUT2D eigenvalue weighted by molar-refractivity contribution is 7.47. The van der Waals surface area contributed by atoms with Gasteiger partial charge in [-0.2, -0.15) is 0 Å². The van der Waals surface area contributed by atoms with E-state index in [-0.39, 0.29) is 25.7 Å². The zero-order valence-electron chi connectivity index (χ0n) is 54.7. The van der Waals surface area contributed by atoms with Crippen LogP contribution in [0.5, 0.6) is 0 Å². The maximum Gasteiger partial charge on any atom is 0.472 e. The Kier molecular flexibility index (Phi) is 58.3. The molecule has 0 bridgehead atoms. The van der Waals surface area contributed by atoms with E-state index in [1.807, 2.05) is 0 Å². The fourth-order valence-electron chi connectivity index (χ4n) is 9.90. The van der Waals surface area contributed by atoms with Crippen LogP contribution in [0.25, 0.3) is 0 Å². The first kappa shape index (κ1) is 83.1. The highest BCUT2D eigenvalue weighted by Crippen LogP contribution is 2.45. The lowest BCUT2D eigenvalue weighted by molar-refractivity contribution is -0.161. The Labute approximate surface area is 517 Å². The fraction of sp³-hybridized carbons (Fsp3) is 0.939. The summed E-state index contributed by atoms with van der Waals surface area (Å²) >= 11 is 0. The van der Waals surface area contributed by atoms with Crippen molar-refractivity contribution in [2.75, 3.05) is 39.6 Å². The predicted octanol–water partition coefficient (Wildman–Crippen LogP) is 18.6. The number of rotatable bonds is 66. The van der Waals surface area contributed by atoms with Crippen LogP contribution in [-0.2, 0) is 65.4 Å². The molecule has 0 fully saturated rings. The Morgan fingerprint density at radius 1 is 0.329 bits per heavy atom. The second-order valence-electron chi connectivity index (χ2n) is 24.1. The van der Waals surface area contributed by atoms with Gasteiger partial charge in [0.05, 0.1) is 26.4 Å². The molecule has 0 saturated carbocycles. The van der Waals surface area contributed by atoms with Gasteiger partial charge in [0.1, 0.15) is 19.3 Å². The molecule has 0 spiro atoms. The van der Waals surface area contributed by atoms with Gasteiger partial charge in [0.25, 0.3) is 0 Å². The third-order valence-electron chi connectivity index (χ3n) is 15.6. The minimum atomic E-state index is -4.95. The summed E-state index contributed by atoms with van der Waals surface area (Å²) in [4.78, 5) is 72.2. The van der Waals surface area contributed by atoms with Crippen molar-refractivity contribution >= 4 is 39.5 Å². The second kappa shape index (κ2) is 59.7. The van der Waals surface area contributed by atoms with Gasteiger partial charge in [0.2, 0.25) is 0 Å². The number of esters is 4. The zero-order chi connectivity index (χ0) is 62.8. The van der Waals surface area contributed by atoms with Crippen LogP contribution in [0.2, 0.25) is 0 Å². The van der Waals surface area contributed by atoms with Crippen molar-refractivity contribution < 1.29 is 80.2 Å². The van der Waals surface area contributed by atoms with E-state index in [0.29, 0.717) is 25.7 Å². The standard InChI is InChI=1S/C66H128O17P2/c1-6-10-13-16-19-22-24-25-26-27-28-29-30-32-35-42-47-52-66(71)83-62(56-77-64(69)50-45-40-37-36-38-43-48-59(5)9-4)58-81-85(74,75)79-54-60(67)53-78-84(72,73)80-57-61(55-76-63(68)49-44-39-33-21-18-15-12-8-3)82-65(70)51-46-41-34-31-23-20-17-14-11-7-2/h59-62,67H,6-58H2,1-5H3,(H,72,73)(H,74,75)/t59?,60-,61+,62+/m0/s1. The summed E-state index contributed by atoms with van der Waals surface area (Å²) in [5.74, 6) is -1.40. The number of hydrogen-bond donors (Lipinski definition) is 3. The molecule has 504 valence electrons. The lowest BCUT2D eigenvalue weighted by Crippen LogP contribution is -2.30. The molecule has 0 aromatic carbocycles. The van der Waals surface area contributed by atoms with Crippen LogP contribution in [0.3, 0.4) is 0 Å². The molecule has 0 aliphatic rings. The molecule has 3 N–H and O–H groups in total. The van der Waals surface area contributed by atoms with Crippen molar-refractivity contribution in [1.82, 2.24) is 0 Å². The Bertz CT molecular complexity index is 1650. The molecule has 0 amide bonds. The summed E-state index contributed by atoms with van der Waals surface area (Å²) in [6.45, 7) is 7.14. The average molecular weight is 1260 g/mol. The molecule has 19 heteroatoms. The highest BCUT2D eigenvalue weighted by atomic mass is 31.2. The maximum absolute atomic E-state index is 13.0. The van der Waals surface area contributed by atoms with Crippen molar-refractivity contribution in [3.8, 4) is 0 Å². The Hall–Kier alpha value is -1.94. The number of phosphoric ester groups is 2. The molecule has 0 rings (SSSR count). The molecular formula is C66H128O17P2. The topological polar surface area (TPSA) is 237 Å². The second-order valence-corrected chi connectivity index (χ2v) is 27.0. The van der Waals surface area contributed by atoms with E-state index in [9.17, 15) is 43.2 Å². The number of aliphatic hydroxyl groups excluding tert-OH is 1. The van der Waals surface area contributed by atoms with Gasteiger partial charge in [-0.3, -0.25) is 37.3 Å². The molecule has 17 nitrogen and oxygen atoms in total. The van der Waals surface area contributed by atoms with Gasteiger partial charge < -0.3 is 33.8 Å². The fourth-order valence-corrected chi connectivity index (χ4v) is 11.5. The van der Waals surface area contributed by atoms with E-state index in [1.165, 1.54) is 148 Å². The molecule has 0 aliphatic heterocycles. The van der Waals surface area contributed by atoms with Gasteiger partial charge in [0, 0.05) is 25.7 Å². The van der Waals surface area contributed by atoms with Gasteiger partial charge in [0.15, 0.2) is 12.2 Å². The molecule has 0 aromatic rings. The van der Waals surface area contributed by atoms with Crippen LogP contribution >= 0.6 is 15.6 Å². The molecule has 0 heterocycles. The number of unbranched alkanes of at least 4 members (excludes halogenated alkanes) is 37. The highest BCUT2D eigenvalue weighted by Gasteiger charge is 2.30. The van der Waals surface area contributed by atoms with Crippen molar-refractivity contribution in [3.05, 3.63) is 0 Å². The Morgan fingerprint density at radius 2 is 0.565 bits per heavy atom. The maximum atomic E-state index is 13.0. The van der Waals surface area contributed by atoms with Crippen LogP contribution in [-0.4, -0.2) is 96.7 Å². The molecule has 6 atom stereocenters. The third kappa shape index (κ3) is 59.5. The Balaban J connectivity index is 5.19. The van der Waals surface area contributed by atoms with E-state index in [4.69, 9.17) is 37.0 Å². The molecule has 0 radical (unpaired) electrons. The largest absolute Gasteiger partial charge is 0.472 e. The lowest BCUT2D eigenvalue weighted by atomic mass is 10.00. The number of hydrogen-bond acceptors (Lipinski definition) is 15. The minimum Gasteiger partial charge on any atom is -0.462 e. The normalized spacial score (nSPS) is 14.5. The van der Waals surface area contributed by atoms with Crippen LogP contribution < -0.4 is 0 Å². The lowest BCUT2D eigenvalue weighted by Gasteiger charge is -2.21. The van der Waals surface area contributed by atoms with E-state index >= 15 is 0 Å². The first-order valence-corrected chi connectivity index (χ1v) is 37.7. The summed E-state index contributed by atoms with van der Waals surface area (Å²) in [7, 11) is -9.89. The molecule has 0 saturated heterocycles. The predicted molar refractivity (Wildman–Crippen MR) is 340 cm³/mol. The van der Waals surface area contributed by atoms with Crippen molar-refractivity contribution in [3.63, 3.8) is 0 Å². The molecular weight excluding hydrogens is 1130 g/mol. The number of carbonyl (C=O) groups excluding carboxylic acids is 4. The van der Waals surface area contributed by atoms with Gasteiger partial charge in [-0.1, -0.05) is 285 Å². The number of carbonyl (C=O) groups is 4. The first-order valence-electron chi connectivity index (χ1n) is 34.7. The van der Waals surface area contributed by atoms with E-state index in [0.717, 1.165) is 109 Å². The quantitative estimate of drug-likeness (QED) is 0.0222. The first-order chi connectivity index (χ1) is 41.1. The van der Waals surface area contributed by atoms with Crippen LogP contribution in [0.15, 0.2) is 0 Å². The third-order valence-corrected chi connectivity index (χ3v) is 17.5. The number of ether oxygens (including phenoxy) is 4. The van der Waals surface area contributed by atoms with E-state index < -0.39 is 97.5 Å². The minimum absolute atomic E-state index is 0.106. The Morgan fingerprint density at radius 3 is 0.835 bits per heavy atom. The van der Waals surface area contributed by atoms with Crippen molar-refractivity contribution in [2.45, 2.75) is 355 Å². The van der Waals surface area contributed by atoms with Gasteiger partial charge in [-0.15, -0.1) is 0 Å². The zero-order valence-corrected chi connectivity index (χ0v) is 56.5. The smallest absolute Gasteiger partial charge is 0.462 e. The van der Waals surface area contributed by atoms with Crippen LogP contribution in [0.1, 0.15) is 336 Å². The summed E-state index contributed by atoms with van der Waals surface area (Å²) < 4.78 is 68.0. The summed E-state index contributed by atoms with van der Waals surface area (Å²) in [6, 6.07) is 0. The molecule has 0 aromatic heterocycles. The average Bonchev–Trinajstić information content (AvgIpc) is 3.59. The van der Waals surface area contributed by atoms with Crippen molar-refractivity contribution in [2.24, 2.45) is 5.92 Å². The number of aliphatic hydroxyl groups is 1. The molecule has 3 unspecified atom stereocenters. The summed E-state index contributed by atoms with van der Waals surface area (Å²) in [6.07, 6.45) is 44.5. The van der Waals surface area contributed by atoms with E-state index in [1.54, 1.807) is 0 Å². The van der Waals surface area contributed by atoms with Gasteiger partial charge in [-0.05, 0) is 31.6 Å². The van der Waals surface area contributed by atoms with Gasteiger partial charge in [-0.25, -0.2) is 9.13 Å². The van der Waals surface area contributed by atoms with Crippen molar-refractivity contribution in [1.29, 1.82) is 0 Å². The molecule has 0 aliphatic carbocycles. The number of phosphoric acid groups is 2. The molecule has 85 heavy (non-hydrogen) atoms. The van der Waals surface area contributed by atoms with E-state index in [2.05, 4.69) is 34.6 Å². The van der Waals surface area contributed by atoms with Crippen LogP contribution in [0, 0.1) is 5.92 Å². The summed E-state index contributed by atoms with van der Waals surface area (Å²) in [5.41, 5.74) is 0.